The fraction of sp³-hybridized carbons (Fsp3) is 0.107. The van der Waals surface area contributed by atoms with Crippen molar-refractivity contribution in [2.45, 2.75) is 12.8 Å². The number of ketones is 1. The molecule has 0 radical (unpaired) electrons. The Hall–Kier alpha value is -3.57. The summed E-state index contributed by atoms with van der Waals surface area (Å²) >= 11 is 3.49. The lowest BCUT2D eigenvalue weighted by atomic mass is 9.78. The molecule has 0 saturated heterocycles. The van der Waals surface area contributed by atoms with Crippen molar-refractivity contribution < 1.29 is 14.6 Å². The summed E-state index contributed by atoms with van der Waals surface area (Å²) in [5, 5.41) is 16.3. The first-order valence-corrected chi connectivity index (χ1v) is 11.7. The third-order valence-corrected chi connectivity index (χ3v) is 7.05. The smallest absolute Gasteiger partial charge is 0.192 e. The lowest BCUT2D eigenvalue weighted by Crippen LogP contribution is -2.19. The zero-order valence-corrected chi connectivity index (χ0v) is 19.4. The molecule has 1 atom stereocenters. The van der Waals surface area contributed by atoms with Gasteiger partial charge in [0.05, 0.1) is 16.8 Å². The van der Waals surface area contributed by atoms with Crippen LogP contribution < -0.4 is 10.1 Å². The van der Waals surface area contributed by atoms with Crippen molar-refractivity contribution in [1.82, 2.24) is 0 Å². The Morgan fingerprint density at radius 2 is 1.76 bits per heavy atom. The second-order valence-corrected chi connectivity index (χ2v) is 9.11. The predicted molar refractivity (Wildman–Crippen MR) is 134 cm³/mol. The number of carbonyl (C=O) groups is 1. The van der Waals surface area contributed by atoms with Crippen LogP contribution in [0.3, 0.4) is 0 Å². The average Bonchev–Trinajstić information content (AvgIpc) is 3.12. The van der Waals surface area contributed by atoms with Crippen LogP contribution in [0.15, 0.2) is 82.8 Å². The molecule has 5 heteroatoms. The Kier molecular flexibility index (Phi) is 4.56. The van der Waals surface area contributed by atoms with Gasteiger partial charge in [-0.15, -0.1) is 0 Å². The molecule has 1 heterocycles. The summed E-state index contributed by atoms with van der Waals surface area (Å²) in [5.41, 5.74) is 6.11. The van der Waals surface area contributed by atoms with Gasteiger partial charge >= 0.3 is 0 Å². The molecule has 4 aromatic carbocycles. The Bertz CT molecular complexity index is 1500. The van der Waals surface area contributed by atoms with Gasteiger partial charge in [0.1, 0.15) is 0 Å². The maximum Gasteiger partial charge on any atom is 0.192 e. The minimum Gasteiger partial charge on any atom is -0.503 e. The summed E-state index contributed by atoms with van der Waals surface area (Å²) in [6, 6.07) is 23.9. The first-order chi connectivity index (χ1) is 16.1. The Labute approximate surface area is 199 Å². The third kappa shape index (κ3) is 2.92. The van der Waals surface area contributed by atoms with Crippen LogP contribution in [0.1, 0.15) is 39.9 Å². The molecule has 162 valence electrons. The van der Waals surface area contributed by atoms with Crippen LogP contribution in [0, 0.1) is 0 Å². The van der Waals surface area contributed by atoms with E-state index < -0.39 is 0 Å². The van der Waals surface area contributed by atoms with Gasteiger partial charge in [-0.1, -0.05) is 54.6 Å². The van der Waals surface area contributed by atoms with E-state index in [1.807, 2.05) is 55.5 Å². The van der Waals surface area contributed by atoms with Gasteiger partial charge in [-0.3, -0.25) is 4.79 Å². The zero-order chi connectivity index (χ0) is 22.7. The molecule has 33 heavy (non-hydrogen) atoms. The molecule has 0 amide bonds. The first kappa shape index (κ1) is 20.1. The van der Waals surface area contributed by atoms with Crippen LogP contribution in [0.25, 0.3) is 16.5 Å². The molecule has 4 nitrogen and oxygen atoms in total. The highest BCUT2D eigenvalue weighted by Crippen LogP contribution is 2.52. The molecule has 2 N–H and O–H groups in total. The maximum absolute atomic E-state index is 13.7. The van der Waals surface area contributed by atoms with Crippen LogP contribution in [0.4, 0.5) is 5.69 Å². The lowest BCUT2D eigenvalue weighted by Gasteiger charge is -2.30. The molecule has 0 bridgehead atoms. The molecule has 0 saturated carbocycles. The Morgan fingerprint density at radius 1 is 1.00 bits per heavy atom. The van der Waals surface area contributed by atoms with Crippen LogP contribution in [0.5, 0.6) is 11.5 Å². The highest BCUT2D eigenvalue weighted by Gasteiger charge is 2.41. The normalized spacial score (nSPS) is 16.3. The number of aromatic hydroxyl groups is 1. The fourth-order valence-electron chi connectivity index (χ4n) is 5.07. The summed E-state index contributed by atoms with van der Waals surface area (Å²) in [5.74, 6) is 0.160. The van der Waals surface area contributed by atoms with Crippen LogP contribution in [-0.4, -0.2) is 17.5 Å². The number of rotatable bonds is 3. The van der Waals surface area contributed by atoms with Crippen molar-refractivity contribution in [2.24, 2.45) is 0 Å². The number of phenols is 1. The van der Waals surface area contributed by atoms with Crippen molar-refractivity contribution in [3.63, 3.8) is 0 Å². The summed E-state index contributed by atoms with van der Waals surface area (Å²) < 4.78 is 6.26. The van der Waals surface area contributed by atoms with Gasteiger partial charge in [-0.05, 0) is 63.0 Å². The molecule has 0 fully saturated rings. The van der Waals surface area contributed by atoms with Crippen LogP contribution in [-0.2, 0) is 0 Å². The molecule has 0 unspecified atom stereocenters. The van der Waals surface area contributed by atoms with E-state index in [-0.39, 0.29) is 17.5 Å². The van der Waals surface area contributed by atoms with Gasteiger partial charge in [0, 0.05) is 28.3 Å². The van der Waals surface area contributed by atoms with E-state index in [0.717, 1.165) is 44.4 Å². The largest absolute Gasteiger partial charge is 0.503 e. The van der Waals surface area contributed by atoms with Crippen molar-refractivity contribution in [3.8, 4) is 11.5 Å². The maximum atomic E-state index is 13.7. The van der Waals surface area contributed by atoms with E-state index in [2.05, 4.69) is 45.5 Å². The van der Waals surface area contributed by atoms with Gasteiger partial charge in [0.15, 0.2) is 17.3 Å². The second-order valence-electron chi connectivity index (χ2n) is 8.25. The van der Waals surface area contributed by atoms with E-state index >= 15 is 0 Å². The predicted octanol–water partition coefficient (Wildman–Crippen LogP) is 6.87. The number of ether oxygens (including phenoxy) is 1. The SMILES string of the molecule is CCOc1cc([C@H]2C3=C(Nc4ccc5ccccc5c42)c2ccccc2C3=O)cc(Br)c1O. The van der Waals surface area contributed by atoms with Gasteiger partial charge in [0.25, 0.3) is 0 Å². The van der Waals surface area contributed by atoms with E-state index in [1.165, 1.54) is 0 Å². The van der Waals surface area contributed by atoms with Crippen molar-refractivity contribution in [3.05, 3.63) is 105 Å². The highest BCUT2D eigenvalue weighted by molar-refractivity contribution is 9.10. The number of Topliss-reactive ketones (excluding diaryl/α,β-unsaturated/α-hetero) is 1. The summed E-state index contributed by atoms with van der Waals surface area (Å²) in [6.07, 6.45) is 0. The number of hydrogen-bond acceptors (Lipinski definition) is 4. The molecule has 0 aromatic heterocycles. The van der Waals surface area contributed by atoms with Gasteiger partial charge in [-0.25, -0.2) is 0 Å². The number of nitrogens with one attached hydrogen (secondary N) is 1. The molecule has 4 aromatic rings. The minimum absolute atomic E-state index is 0.0267. The summed E-state index contributed by atoms with van der Waals surface area (Å²) in [6.45, 7) is 2.30. The van der Waals surface area contributed by atoms with E-state index in [1.54, 1.807) is 0 Å². The fourth-order valence-corrected chi connectivity index (χ4v) is 5.53. The van der Waals surface area contributed by atoms with Gasteiger partial charge in [0.2, 0.25) is 0 Å². The number of carbonyl (C=O) groups excluding carboxylic acids is 1. The summed E-state index contributed by atoms with van der Waals surface area (Å²) in [4.78, 5) is 13.7. The number of halogens is 1. The highest BCUT2D eigenvalue weighted by atomic mass is 79.9. The number of hydrogen-bond donors (Lipinski definition) is 2. The van der Waals surface area contributed by atoms with E-state index in [9.17, 15) is 9.90 Å². The number of allylic oxidation sites excluding steroid dienone is 1. The number of benzene rings is 4. The lowest BCUT2D eigenvalue weighted by molar-refractivity contribution is 0.103. The van der Waals surface area contributed by atoms with Gasteiger partial charge in [-0.2, -0.15) is 0 Å². The van der Waals surface area contributed by atoms with Crippen LogP contribution >= 0.6 is 15.9 Å². The molecular formula is C28H20BrNO3. The average molecular weight is 498 g/mol. The standard InChI is InChI=1S/C28H20BrNO3/c1-2-33-22-14-16(13-20(29)28(22)32)23-24-17-8-4-3-7-15(17)11-12-21(24)30-26-18-9-5-6-10-19(18)27(31)25(23)26/h3-14,23,30,32H,2H2,1H3/t23-/m1/s1. The molecule has 1 aliphatic carbocycles. The molecule has 6 rings (SSSR count). The topological polar surface area (TPSA) is 58.6 Å². The second kappa shape index (κ2) is 7.49. The molecular weight excluding hydrogens is 478 g/mol. The first-order valence-electron chi connectivity index (χ1n) is 10.9. The Balaban J connectivity index is 1.68. The van der Waals surface area contributed by atoms with Gasteiger partial charge < -0.3 is 15.2 Å². The molecule has 1 aliphatic heterocycles. The Morgan fingerprint density at radius 3 is 2.58 bits per heavy atom. The van der Waals surface area contributed by atoms with Crippen LogP contribution in [0.2, 0.25) is 0 Å². The number of anilines is 1. The number of phenolic OH excluding ortho intramolecular Hbond substituents is 1. The molecule has 2 aliphatic rings. The number of fused-ring (bicyclic) bond motifs is 5. The third-order valence-electron chi connectivity index (χ3n) is 6.45. The van der Waals surface area contributed by atoms with E-state index in [4.69, 9.17) is 4.74 Å². The summed E-state index contributed by atoms with van der Waals surface area (Å²) in [7, 11) is 0. The van der Waals surface area contributed by atoms with E-state index in [0.29, 0.717) is 22.4 Å². The minimum atomic E-state index is -0.321. The van der Waals surface area contributed by atoms with Crippen molar-refractivity contribution >= 4 is 43.9 Å². The molecule has 0 spiro atoms. The zero-order valence-electron chi connectivity index (χ0n) is 17.9. The monoisotopic (exact) mass is 497 g/mol. The van der Waals surface area contributed by atoms with Crippen molar-refractivity contribution in [2.75, 3.05) is 11.9 Å². The quantitative estimate of drug-likeness (QED) is 0.324. The van der Waals surface area contributed by atoms with Crippen molar-refractivity contribution in [1.29, 1.82) is 0 Å².